The molecule has 0 bridgehead atoms. The molecule has 156 valence electrons. The van der Waals surface area contributed by atoms with Crippen LogP contribution in [0.1, 0.15) is 71.4 Å². The van der Waals surface area contributed by atoms with Crippen molar-refractivity contribution in [3.05, 3.63) is 29.3 Å². The van der Waals surface area contributed by atoms with Gasteiger partial charge in [-0.25, -0.2) is 4.79 Å². The molecule has 0 aromatic heterocycles. The van der Waals surface area contributed by atoms with Crippen LogP contribution in [0, 0.1) is 0 Å². The Labute approximate surface area is 171 Å². The van der Waals surface area contributed by atoms with E-state index in [1.54, 1.807) is 0 Å². The number of nitrogens with zero attached hydrogens (tertiary/aromatic N) is 1. The fourth-order valence-electron chi connectivity index (χ4n) is 3.55. The van der Waals surface area contributed by atoms with Gasteiger partial charge in [0.05, 0.1) is 18.3 Å². The topological polar surface area (TPSA) is 38.8 Å². The molecule has 3 rings (SSSR count). The average molecular weight is 404 g/mol. The zero-order chi connectivity index (χ0) is 20.9. The van der Waals surface area contributed by atoms with Crippen LogP contribution in [0.15, 0.2) is 18.2 Å². The molecule has 1 atom stereocenters. The monoisotopic (exact) mass is 403 g/mol. The SMILES string of the molecule is CC(C)(C)OC(=O)N1c2cccc(C3CC3)c2C[C@@H]1CO[Si](C)(C)C(C)(C)C. The lowest BCUT2D eigenvalue weighted by atomic mass is 10.00. The maximum Gasteiger partial charge on any atom is 0.415 e. The second-order valence-corrected chi connectivity index (χ2v) is 15.7. The third kappa shape index (κ3) is 4.46. The molecule has 1 saturated carbocycles. The van der Waals surface area contributed by atoms with Crippen molar-refractivity contribution in [3.63, 3.8) is 0 Å². The summed E-state index contributed by atoms with van der Waals surface area (Å²) >= 11 is 0. The molecule has 0 spiro atoms. The molecule has 1 aromatic rings. The van der Waals surface area contributed by atoms with Gasteiger partial charge in [-0.3, -0.25) is 4.90 Å². The number of benzene rings is 1. The zero-order valence-electron chi connectivity index (χ0n) is 18.9. The average Bonchev–Trinajstić information content (AvgIpc) is 3.29. The summed E-state index contributed by atoms with van der Waals surface area (Å²) < 4.78 is 12.3. The molecule has 0 N–H and O–H groups in total. The Morgan fingerprint density at radius 3 is 2.32 bits per heavy atom. The third-order valence-corrected chi connectivity index (χ3v) is 10.8. The van der Waals surface area contributed by atoms with Crippen LogP contribution in [-0.4, -0.2) is 32.7 Å². The second kappa shape index (κ2) is 7.17. The van der Waals surface area contributed by atoms with Gasteiger partial charge in [0.15, 0.2) is 8.32 Å². The van der Waals surface area contributed by atoms with Crippen molar-refractivity contribution in [3.8, 4) is 0 Å². The second-order valence-electron chi connectivity index (χ2n) is 10.9. The van der Waals surface area contributed by atoms with Gasteiger partial charge in [-0.2, -0.15) is 0 Å². The van der Waals surface area contributed by atoms with E-state index in [0.29, 0.717) is 12.5 Å². The molecule has 1 aliphatic heterocycles. The highest BCUT2D eigenvalue weighted by atomic mass is 28.4. The van der Waals surface area contributed by atoms with Gasteiger partial charge in [0.25, 0.3) is 0 Å². The van der Waals surface area contributed by atoms with Gasteiger partial charge in [-0.1, -0.05) is 32.9 Å². The third-order valence-electron chi connectivity index (χ3n) is 6.30. The molecule has 1 aromatic carbocycles. The maximum atomic E-state index is 13.1. The van der Waals surface area contributed by atoms with Crippen LogP contribution >= 0.6 is 0 Å². The summed E-state index contributed by atoms with van der Waals surface area (Å²) in [6.07, 6.45) is 3.11. The lowest BCUT2D eigenvalue weighted by Gasteiger charge is -2.38. The molecule has 2 aliphatic rings. The van der Waals surface area contributed by atoms with Crippen LogP contribution in [-0.2, 0) is 15.6 Å². The summed E-state index contributed by atoms with van der Waals surface area (Å²) in [7, 11) is -1.89. The first-order valence-corrected chi connectivity index (χ1v) is 13.5. The highest BCUT2D eigenvalue weighted by molar-refractivity contribution is 6.74. The molecule has 0 unspecified atom stereocenters. The quantitative estimate of drug-likeness (QED) is 0.558. The Hall–Kier alpha value is -1.33. The summed E-state index contributed by atoms with van der Waals surface area (Å²) in [6.45, 7) is 17.6. The minimum absolute atomic E-state index is 0.00104. The summed E-state index contributed by atoms with van der Waals surface area (Å²) in [4.78, 5) is 15.0. The molecule has 5 heteroatoms. The van der Waals surface area contributed by atoms with Crippen molar-refractivity contribution in [2.75, 3.05) is 11.5 Å². The van der Waals surface area contributed by atoms with E-state index in [1.807, 2.05) is 25.7 Å². The van der Waals surface area contributed by atoms with E-state index >= 15 is 0 Å². The summed E-state index contributed by atoms with van der Waals surface area (Å²) in [5.41, 5.74) is 3.24. The Kier molecular flexibility index (Phi) is 5.47. The molecular weight excluding hydrogens is 366 g/mol. The smallest absolute Gasteiger partial charge is 0.415 e. The number of carbonyl (C=O) groups is 1. The van der Waals surface area contributed by atoms with Gasteiger partial charge in [-0.15, -0.1) is 0 Å². The Morgan fingerprint density at radius 2 is 1.79 bits per heavy atom. The number of hydrogen-bond acceptors (Lipinski definition) is 3. The lowest BCUT2D eigenvalue weighted by molar-refractivity contribution is 0.0558. The van der Waals surface area contributed by atoms with Gasteiger partial charge in [0.1, 0.15) is 5.60 Å². The molecule has 1 fully saturated rings. The van der Waals surface area contributed by atoms with E-state index in [4.69, 9.17) is 9.16 Å². The number of rotatable bonds is 4. The maximum absolute atomic E-state index is 13.1. The molecule has 0 radical (unpaired) electrons. The van der Waals surface area contributed by atoms with Crippen molar-refractivity contribution in [2.45, 2.75) is 96.5 Å². The zero-order valence-corrected chi connectivity index (χ0v) is 19.9. The number of hydrogen-bond donors (Lipinski definition) is 0. The summed E-state index contributed by atoms with van der Waals surface area (Å²) in [5, 5.41) is 0.147. The van der Waals surface area contributed by atoms with E-state index in [9.17, 15) is 4.79 Å². The van der Waals surface area contributed by atoms with Crippen molar-refractivity contribution < 1.29 is 14.0 Å². The van der Waals surface area contributed by atoms with E-state index < -0.39 is 13.9 Å². The Balaban J connectivity index is 1.88. The number of ether oxygens (including phenoxy) is 1. The molecular formula is C23H37NO3Si. The van der Waals surface area contributed by atoms with E-state index in [1.165, 1.54) is 24.0 Å². The van der Waals surface area contributed by atoms with Crippen LogP contribution < -0.4 is 4.90 Å². The summed E-state index contributed by atoms with van der Waals surface area (Å²) in [5.74, 6) is 0.662. The molecule has 4 nitrogen and oxygen atoms in total. The fourth-order valence-corrected chi connectivity index (χ4v) is 4.60. The first kappa shape index (κ1) is 21.4. The van der Waals surface area contributed by atoms with Gasteiger partial charge >= 0.3 is 6.09 Å². The Morgan fingerprint density at radius 1 is 1.14 bits per heavy atom. The van der Waals surface area contributed by atoms with E-state index in [-0.39, 0.29) is 17.2 Å². The molecule has 0 saturated heterocycles. The first-order chi connectivity index (χ1) is 12.8. The predicted molar refractivity (Wildman–Crippen MR) is 118 cm³/mol. The van der Waals surface area contributed by atoms with Crippen molar-refractivity contribution in [1.29, 1.82) is 0 Å². The van der Waals surface area contributed by atoms with Crippen LogP contribution in [0.2, 0.25) is 18.1 Å². The fraction of sp³-hybridized carbons (Fsp3) is 0.696. The number of carbonyl (C=O) groups excluding carboxylic acids is 1. The minimum Gasteiger partial charge on any atom is -0.443 e. The Bertz CT molecular complexity index is 741. The highest BCUT2D eigenvalue weighted by Gasteiger charge is 2.43. The number of anilines is 1. The number of amides is 1. The first-order valence-electron chi connectivity index (χ1n) is 10.6. The number of fused-ring (bicyclic) bond motifs is 1. The van der Waals surface area contributed by atoms with Crippen molar-refractivity contribution >= 4 is 20.1 Å². The molecule has 1 aliphatic carbocycles. The molecule has 28 heavy (non-hydrogen) atoms. The van der Waals surface area contributed by atoms with Gasteiger partial charge in [0.2, 0.25) is 0 Å². The van der Waals surface area contributed by atoms with Gasteiger partial charge in [-0.05, 0) is 81.3 Å². The van der Waals surface area contributed by atoms with Crippen LogP contribution in [0.25, 0.3) is 0 Å². The van der Waals surface area contributed by atoms with Crippen LogP contribution in [0.3, 0.4) is 0 Å². The summed E-state index contributed by atoms with van der Waals surface area (Å²) in [6, 6.07) is 6.39. The van der Waals surface area contributed by atoms with Crippen LogP contribution in [0.5, 0.6) is 0 Å². The normalized spacial score (nSPS) is 20.3. The lowest BCUT2D eigenvalue weighted by Crippen LogP contribution is -2.48. The van der Waals surface area contributed by atoms with E-state index in [0.717, 1.165) is 12.1 Å². The molecule has 1 heterocycles. The highest BCUT2D eigenvalue weighted by Crippen LogP contribution is 2.47. The van der Waals surface area contributed by atoms with E-state index in [2.05, 4.69) is 52.1 Å². The molecule has 1 amide bonds. The van der Waals surface area contributed by atoms with Crippen molar-refractivity contribution in [2.24, 2.45) is 0 Å². The standard InChI is InChI=1S/C23H37NO3Si/c1-22(2,3)27-21(25)24-17(15-26-28(7,8)23(4,5)6)14-19-18(16-12-13-16)10-9-11-20(19)24/h9-11,16-17H,12-15H2,1-8H3/t17-/m1/s1. The van der Waals surface area contributed by atoms with Gasteiger partial charge in [0, 0.05) is 0 Å². The van der Waals surface area contributed by atoms with Crippen molar-refractivity contribution in [1.82, 2.24) is 0 Å². The van der Waals surface area contributed by atoms with Gasteiger partial charge < -0.3 is 9.16 Å². The minimum atomic E-state index is -1.89. The largest absolute Gasteiger partial charge is 0.443 e. The van der Waals surface area contributed by atoms with Crippen LogP contribution in [0.4, 0.5) is 10.5 Å². The predicted octanol–water partition coefficient (Wildman–Crippen LogP) is 6.25.